The highest BCUT2D eigenvalue weighted by atomic mass is 16.2. The van der Waals surface area contributed by atoms with Gasteiger partial charge in [-0.2, -0.15) is 10.1 Å². The summed E-state index contributed by atoms with van der Waals surface area (Å²) in [5, 5.41) is 3.85. The summed E-state index contributed by atoms with van der Waals surface area (Å²) in [6.07, 6.45) is 1.04. The molecule has 0 aliphatic heterocycles. The van der Waals surface area contributed by atoms with Gasteiger partial charge in [0.25, 0.3) is 0 Å². The Hall–Kier alpha value is -1.59. The van der Waals surface area contributed by atoms with Crippen molar-refractivity contribution in [1.29, 1.82) is 0 Å². The first kappa shape index (κ1) is 9.41. The van der Waals surface area contributed by atoms with Crippen LogP contribution in [0.25, 0.3) is 0 Å². The molecule has 0 spiro atoms. The number of hydrogen-bond donors (Lipinski definition) is 2. The minimum atomic E-state index is -0.419. The molecule has 0 saturated heterocycles. The predicted octanol–water partition coefficient (Wildman–Crippen LogP) is -1.21. The fourth-order valence-corrected chi connectivity index (χ4v) is 0.495. The summed E-state index contributed by atoms with van der Waals surface area (Å²) in [6.45, 7) is 2.50. The van der Waals surface area contributed by atoms with E-state index in [1.54, 1.807) is 0 Å². The lowest BCUT2D eigenvalue weighted by Gasteiger charge is -2.14. The van der Waals surface area contributed by atoms with Crippen LogP contribution in [-0.4, -0.2) is 23.2 Å². The Morgan fingerprint density at radius 2 is 1.91 bits per heavy atom. The van der Waals surface area contributed by atoms with Crippen LogP contribution < -0.4 is 11.3 Å². The molecule has 0 radical (unpaired) electrons. The average Bonchev–Trinajstić information content (AvgIpc) is 1.87. The normalized spacial score (nSPS) is 9.64. The van der Waals surface area contributed by atoms with E-state index >= 15 is 0 Å². The van der Waals surface area contributed by atoms with Crippen molar-refractivity contribution < 1.29 is 9.59 Å². The highest BCUT2D eigenvalue weighted by molar-refractivity contribution is 5.93. The highest BCUT2D eigenvalue weighted by Crippen LogP contribution is 1.82. The number of hydrogen-bond acceptors (Lipinski definition) is 4. The lowest BCUT2D eigenvalue weighted by Crippen LogP contribution is -2.44. The summed E-state index contributed by atoms with van der Waals surface area (Å²) in [4.78, 5) is 21.3. The van der Waals surface area contributed by atoms with Gasteiger partial charge in [0.2, 0.25) is 11.8 Å². The third-order valence-corrected chi connectivity index (χ3v) is 0.891. The summed E-state index contributed by atoms with van der Waals surface area (Å²) in [6, 6.07) is 0. The lowest BCUT2D eigenvalue weighted by molar-refractivity contribution is -0.144. The molecule has 62 valence electrons. The first-order valence-corrected chi connectivity index (χ1v) is 2.88. The van der Waals surface area contributed by atoms with Gasteiger partial charge in [0.1, 0.15) is 6.34 Å². The van der Waals surface area contributed by atoms with Crippen LogP contribution in [0.2, 0.25) is 0 Å². The number of carbonyl (C=O) groups excluding carboxylic acids is 2. The largest absolute Gasteiger partial charge is 0.322 e. The van der Waals surface area contributed by atoms with E-state index in [1.807, 2.05) is 0 Å². The molecule has 2 amide bonds. The smallest absolute Gasteiger partial charge is 0.245 e. The molecule has 3 N–H and O–H groups in total. The van der Waals surface area contributed by atoms with Gasteiger partial charge in [-0.05, 0) is 0 Å². The van der Waals surface area contributed by atoms with E-state index in [0.29, 0.717) is 0 Å². The van der Waals surface area contributed by atoms with E-state index in [0.717, 1.165) is 11.3 Å². The number of rotatable bonds is 2. The first-order valence-electron chi connectivity index (χ1n) is 2.88. The molecule has 0 atom stereocenters. The SMILES string of the molecule is CC(=O)N(N/C=N/N)C(C)=O. The van der Waals surface area contributed by atoms with Gasteiger partial charge in [-0.1, -0.05) is 0 Å². The lowest BCUT2D eigenvalue weighted by atomic mass is 10.6. The van der Waals surface area contributed by atoms with Crippen molar-refractivity contribution in [3.8, 4) is 0 Å². The van der Waals surface area contributed by atoms with Crippen LogP contribution in [-0.2, 0) is 9.59 Å². The van der Waals surface area contributed by atoms with E-state index in [9.17, 15) is 9.59 Å². The van der Waals surface area contributed by atoms with Crippen molar-refractivity contribution in [2.24, 2.45) is 10.9 Å². The van der Waals surface area contributed by atoms with Gasteiger partial charge in [0.15, 0.2) is 0 Å². The second-order valence-electron chi connectivity index (χ2n) is 1.78. The fraction of sp³-hybridized carbons (Fsp3) is 0.400. The number of hydrazine groups is 1. The van der Waals surface area contributed by atoms with E-state index < -0.39 is 11.8 Å². The van der Waals surface area contributed by atoms with Crippen LogP contribution in [0.3, 0.4) is 0 Å². The molecule has 0 aliphatic rings. The van der Waals surface area contributed by atoms with Gasteiger partial charge < -0.3 is 5.84 Å². The molecule has 11 heavy (non-hydrogen) atoms. The molecule has 0 bridgehead atoms. The monoisotopic (exact) mass is 158 g/mol. The average molecular weight is 158 g/mol. The Bertz CT molecular complexity index is 175. The Kier molecular flexibility index (Phi) is 3.65. The molecule has 6 heteroatoms. The van der Waals surface area contributed by atoms with Crippen molar-refractivity contribution in [2.45, 2.75) is 13.8 Å². The first-order chi connectivity index (χ1) is 5.09. The van der Waals surface area contributed by atoms with Gasteiger partial charge in [-0.25, -0.2) is 0 Å². The van der Waals surface area contributed by atoms with Crippen molar-refractivity contribution in [2.75, 3.05) is 0 Å². The Labute approximate surface area is 64.0 Å². The number of nitrogens with zero attached hydrogens (tertiary/aromatic N) is 2. The molecule has 0 heterocycles. The number of nitrogens with two attached hydrogens (primary N) is 1. The summed E-state index contributed by atoms with van der Waals surface area (Å²) < 4.78 is 0. The van der Waals surface area contributed by atoms with Gasteiger partial charge in [-0.15, -0.1) is 0 Å². The van der Waals surface area contributed by atoms with Gasteiger partial charge in [0, 0.05) is 13.8 Å². The highest BCUT2D eigenvalue weighted by Gasteiger charge is 2.10. The Balaban J connectivity index is 4.12. The molecule has 0 aromatic heterocycles. The maximum Gasteiger partial charge on any atom is 0.245 e. The molecular formula is C5H10N4O2. The van der Waals surface area contributed by atoms with Crippen LogP contribution in [0.1, 0.15) is 13.8 Å². The topological polar surface area (TPSA) is 87.8 Å². The summed E-state index contributed by atoms with van der Waals surface area (Å²) >= 11 is 0. The second-order valence-corrected chi connectivity index (χ2v) is 1.78. The molecule has 0 aromatic rings. The summed E-state index contributed by atoms with van der Waals surface area (Å²) in [5.41, 5.74) is 2.29. The maximum absolute atomic E-state index is 10.6. The number of amides is 2. The summed E-state index contributed by atoms with van der Waals surface area (Å²) in [5.74, 6) is 3.90. The van der Waals surface area contributed by atoms with Gasteiger partial charge in [-0.3, -0.25) is 15.0 Å². The van der Waals surface area contributed by atoms with Crippen molar-refractivity contribution in [1.82, 2.24) is 10.4 Å². The minimum Gasteiger partial charge on any atom is -0.322 e. The third kappa shape index (κ3) is 3.19. The minimum absolute atomic E-state index is 0.419. The van der Waals surface area contributed by atoms with E-state index in [1.165, 1.54) is 13.8 Å². The molecular weight excluding hydrogens is 148 g/mol. The van der Waals surface area contributed by atoms with Crippen LogP contribution >= 0.6 is 0 Å². The Morgan fingerprint density at radius 3 is 2.18 bits per heavy atom. The zero-order valence-corrected chi connectivity index (χ0v) is 6.37. The van der Waals surface area contributed by atoms with Crippen LogP contribution in [0, 0.1) is 0 Å². The van der Waals surface area contributed by atoms with Gasteiger partial charge >= 0.3 is 0 Å². The molecule has 0 saturated carbocycles. The number of carbonyl (C=O) groups is 2. The van der Waals surface area contributed by atoms with Crippen LogP contribution in [0.15, 0.2) is 5.10 Å². The van der Waals surface area contributed by atoms with Crippen LogP contribution in [0.4, 0.5) is 0 Å². The van der Waals surface area contributed by atoms with E-state index in [-0.39, 0.29) is 0 Å². The third-order valence-electron chi connectivity index (χ3n) is 0.891. The number of hydrazone groups is 1. The van der Waals surface area contributed by atoms with Crippen LogP contribution in [0.5, 0.6) is 0 Å². The van der Waals surface area contributed by atoms with E-state index in [2.05, 4.69) is 10.5 Å². The Morgan fingerprint density at radius 1 is 1.45 bits per heavy atom. The standard InChI is InChI=1S/C5H10N4O2/c1-4(10)9(5(2)11)8-3-7-6/h3H,6H2,1-2H3,(H,7,8). The molecule has 0 fully saturated rings. The number of nitrogens with one attached hydrogen (secondary N) is 1. The molecule has 0 aromatic carbocycles. The van der Waals surface area contributed by atoms with Gasteiger partial charge in [0.05, 0.1) is 0 Å². The second kappa shape index (κ2) is 4.26. The van der Waals surface area contributed by atoms with Crippen molar-refractivity contribution in [3.63, 3.8) is 0 Å². The zero-order valence-electron chi connectivity index (χ0n) is 6.37. The maximum atomic E-state index is 10.6. The van der Waals surface area contributed by atoms with Crippen molar-refractivity contribution in [3.05, 3.63) is 0 Å². The van der Waals surface area contributed by atoms with E-state index in [4.69, 9.17) is 5.84 Å². The fourth-order valence-electron chi connectivity index (χ4n) is 0.495. The van der Waals surface area contributed by atoms with Crippen molar-refractivity contribution >= 4 is 18.2 Å². The summed E-state index contributed by atoms with van der Waals surface area (Å²) in [7, 11) is 0. The molecule has 0 aliphatic carbocycles. The molecule has 6 nitrogen and oxygen atoms in total. The zero-order chi connectivity index (χ0) is 8.85. The quantitative estimate of drug-likeness (QED) is 0.228. The predicted molar refractivity (Wildman–Crippen MR) is 39.0 cm³/mol. The number of imide groups is 1. The molecule has 0 unspecified atom stereocenters. The molecule has 0 rings (SSSR count).